The van der Waals surface area contributed by atoms with Crippen molar-refractivity contribution in [2.24, 2.45) is 5.73 Å². The first-order chi connectivity index (χ1) is 6.86. The van der Waals surface area contributed by atoms with Crippen LogP contribution < -0.4 is 11.1 Å². The molecule has 0 aliphatic carbocycles. The third-order valence-corrected chi connectivity index (χ3v) is 1.92. The maximum Gasteiger partial charge on any atom is 0.383 e. The fourth-order valence-electron chi connectivity index (χ4n) is 0.960. The second-order valence-corrected chi connectivity index (χ2v) is 3.08. The first-order valence-electron chi connectivity index (χ1n) is 4.53. The van der Waals surface area contributed by atoms with Crippen molar-refractivity contribution in [2.75, 3.05) is 6.54 Å². The number of alkyl halides is 4. The third-order valence-electron chi connectivity index (χ3n) is 1.92. The lowest BCUT2D eigenvalue weighted by molar-refractivity contribution is -0.170. The standard InChI is InChI=1S/C8H14F4N2O/c1-2-5(3-4-13)14-7(15)8(11,12)6(9)10/h5-6H,2-4,13H2,1H3,(H,14,15). The van der Waals surface area contributed by atoms with Crippen LogP contribution in [0.5, 0.6) is 0 Å². The van der Waals surface area contributed by atoms with Gasteiger partial charge >= 0.3 is 12.3 Å². The predicted octanol–water partition coefficient (Wildman–Crippen LogP) is 1.13. The molecule has 0 aliphatic rings. The van der Waals surface area contributed by atoms with Crippen molar-refractivity contribution in [3.63, 3.8) is 0 Å². The number of hydrogen-bond acceptors (Lipinski definition) is 2. The van der Waals surface area contributed by atoms with Gasteiger partial charge in [0.25, 0.3) is 5.91 Å². The van der Waals surface area contributed by atoms with Crippen LogP contribution in [-0.4, -0.2) is 30.8 Å². The summed E-state index contributed by atoms with van der Waals surface area (Å²) in [5, 5.41) is 1.84. The Bertz CT molecular complexity index is 211. The van der Waals surface area contributed by atoms with E-state index in [0.717, 1.165) is 0 Å². The summed E-state index contributed by atoms with van der Waals surface area (Å²) >= 11 is 0. The fourth-order valence-corrected chi connectivity index (χ4v) is 0.960. The molecule has 0 aromatic rings. The van der Waals surface area contributed by atoms with Crippen molar-refractivity contribution in [1.82, 2.24) is 5.32 Å². The lowest BCUT2D eigenvalue weighted by Crippen LogP contribution is -2.49. The van der Waals surface area contributed by atoms with Gasteiger partial charge in [0, 0.05) is 6.04 Å². The van der Waals surface area contributed by atoms with Crippen molar-refractivity contribution in [3.05, 3.63) is 0 Å². The Morgan fingerprint density at radius 2 is 2.00 bits per heavy atom. The van der Waals surface area contributed by atoms with Gasteiger partial charge in [-0.3, -0.25) is 4.79 Å². The Morgan fingerprint density at radius 1 is 1.47 bits per heavy atom. The number of halogens is 4. The Morgan fingerprint density at radius 3 is 2.33 bits per heavy atom. The number of amides is 1. The number of hydrogen-bond donors (Lipinski definition) is 2. The molecule has 15 heavy (non-hydrogen) atoms. The van der Waals surface area contributed by atoms with Crippen LogP contribution in [0.1, 0.15) is 19.8 Å². The second kappa shape index (κ2) is 5.89. The summed E-state index contributed by atoms with van der Waals surface area (Å²) in [5.74, 6) is -6.58. The van der Waals surface area contributed by atoms with Gasteiger partial charge in [0.15, 0.2) is 0 Å². The van der Waals surface area contributed by atoms with E-state index in [9.17, 15) is 22.4 Å². The van der Waals surface area contributed by atoms with E-state index >= 15 is 0 Å². The molecule has 1 amide bonds. The minimum atomic E-state index is -4.64. The van der Waals surface area contributed by atoms with Crippen LogP contribution >= 0.6 is 0 Å². The van der Waals surface area contributed by atoms with Crippen molar-refractivity contribution in [3.8, 4) is 0 Å². The molecule has 0 rings (SSSR count). The minimum Gasteiger partial charge on any atom is -0.348 e. The van der Waals surface area contributed by atoms with Gasteiger partial charge in [-0.2, -0.15) is 8.78 Å². The lowest BCUT2D eigenvalue weighted by atomic mass is 10.1. The van der Waals surface area contributed by atoms with Crippen LogP contribution in [0.15, 0.2) is 0 Å². The van der Waals surface area contributed by atoms with E-state index in [4.69, 9.17) is 5.73 Å². The van der Waals surface area contributed by atoms with E-state index in [1.54, 1.807) is 6.92 Å². The highest BCUT2D eigenvalue weighted by Crippen LogP contribution is 2.23. The smallest absolute Gasteiger partial charge is 0.348 e. The SMILES string of the molecule is CCC(CCN)NC(=O)C(F)(F)C(F)F. The van der Waals surface area contributed by atoms with Gasteiger partial charge in [-0.25, -0.2) is 8.78 Å². The summed E-state index contributed by atoms with van der Waals surface area (Å²) in [7, 11) is 0. The molecule has 1 atom stereocenters. The molecular formula is C8H14F4N2O. The molecule has 0 radical (unpaired) electrons. The van der Waals surface area contributed by atoms with Crippen molar-refractivity contribution in [2.45, 2.75) is 38.2 Å². The third kappa shape index (κ3) is 4.03. The highest BCUT2D eigenvalue weighted by molar-refractivity contribution is 5.84. The van der Waals surface area contributed by atoms with E-state index < -0.39 is 24.3 Å². The van der Waals surface area contributed by atoms with E-state index in [1.807, 2.05) is 5.32 Å². The molecule has 0 aromatic carbocycles. The maximum atomic E-state index is 12.5. The molecular weight excluding hydrogens is 216 g/mol. The Balaban J connectivity index is 4.33. The predicted molar refractivity (Wildman–Crippen MR) is 46.8 cm³/mol. The zero-order valence-electron chi connectivity index (χ0n) is 8.27. The molecule has 90 valence electrons. The van der Waals surface area contributed by atoms with E-state index in [2.05, 4.69) is 0 Å². The fraction of sp³-hybridized carbons (Fsp3) is 0.875. The normalized spacial score (nSPS) is 14.1. The Kier molecular flexibility index (Phi) is 5.56. The summed E-state index contributed by atoms with van der Waals surface area (Å²) in [4.78, 5) is 10.8. The van der Waals surface area contributed by atoms with Crippen LogP contribution in [0.2, 0.25) is 0 Å². The summed E-state index contributed by atoms with van der Waals surface area (Å²) in [6.45, 7) is 1.83. The van der Waals surface area contributed by atoms with Crippen molar-refractivity contribution < 1.29 is 22.4 Å². The van der Waals surface area contributed by atoms with Crippen LogP contribution in [0.3, 0.4) is 0 Å². The van der Waals surface area contributed by atoms with Crippen LogP contribution in [-0.2, 0) is 4.79 Å². The zero-order chi connectivity index (χ0) is 12.1. The monoisotopic (exact) mass is 230 g/mol. The molecule has 0 saturated carbocycles. The molecule has 3 N–H and O–H groups in total. The van der Waals surface area contributed by atoms with Gasteiger partial charge in [0.2, 0.25) is 0 Å². The van der Waals surface area contributed by atoms with Gasteiger partial charge in [-0.05, 0) is 19.4 Å². The number of nitrogens with two attached hydrogens (primary N) is 1. The van der Waals surface area contributed by atoms with Crippen LogP contribution in [0.4, 0.5) is 17.6 Å². The summed E-state index contributed by atoms with van der Waals surface area (Å²) < 4.78 is 48.5. The number of carbonyl (C=O) groups is 1. The Labute approximate surface area is 85.0 Å². The van der Waals surface area contributed by atoms with Gasteiger partial charge in [0.1, 0.15) is 0 Å². The zero-order valence-corrected chi connectivity index (χ0v) is 8.27. The molecule has 0 fully saturated rings. The average Bonchev–Trinajstić information content (AvgIpc) is 2.16. The molecule has 0 saturated heterocycles. The van der Waals surface area contributed by atoms with Gasteiger partial charge in [-0.1, -0.05) is 6.92 Å². The first-order valence-corrected chi connectivity index (χ1v) is 4.53. The van der Waals surface area contributed by atoms with E-state index in [1.165, 1.54) is 0 Å². The number of carbonyl (C=O) groups excluding carboxylic acids is 1. The van der Waals surface area contributed by atoms with Crippen LogP contribution in [0.25, 0.3) is 0 Å². The number of nitrogens with one attached hydrogen (secondary N) is 1. The van der Waals surface area contributed by atoms with Gasteiger partial charge < -0.3 is 11.1 Å². The topological polar surface area (TPSA) is 55.1 Å². The highest BCUT2D eigenvalue weighted by atomic mass is 19.3. The molecule has 0 spiro atoms. The number of rotatable bonds is 6. The van der Waals surface area contributed by atoms with Crippen LogP contribution in [0, 0.1) is 0 Å². The maximum absolute atomic E-state index is 12.5. The highest BCUT2D eigenvalue weighted by Gasteiger charge is 2.49. The van der Waals surface area contributed by atoms with E-state index in [-0.39, 0.29) is 13.0 Å². The molecule has 1 unspecified atom stereocenters. The second-order valence-electron chi connectivity index (χ2n) is 3.08. The van der Waals surface area contributed by atoms with E-state index in [0.29, 0.717) is 6.42 Å². The average molecular weight is 230 g/mol. The van der Waals surface area contributed by atoms with Gasteiger partial charge in [0.05, 0.1) is 0 Å². The van der Waals surface area contributed by atoms with Gasteiger partial charge in [-0.15, -0.1) is 0 Å². The Hall–Kier alpha value is -0.850. The summed E-state index contributed by atoms with van der Waals surface area (Å²) in [6, 6.07) is -0.591. The summed E-state index contributed by atoms with van der Waals surface area (Å²) in [6.07, 6.45) is -3.35. The molecule has 0 bridgehead atoms. The minimum absolute atomic E-state index is 0.193. The quantitative estimate of drug-likeness (QED) is 0.672. The first kappa shape index (κ1) is 14.2. The van der Waals surface area contributed by atoms with Crippen molar-refractivity contribution >= 4 is 5.91 Å². The van der Waals surface area contributed by atoms with Crippen molar-refractivity contribution in [1.29, 1.82) is 0 Å². The molecule has 0 aromatic heterocycles. The molecule has 0 aliphatic heterocycles. The molecule has 7 heteroatoms. The summed E-state index contributed by atoms with van der Waals surface area (Å²) in [5.41, 5.74) is 5.16. The lowest BCUT2D eigenvalue weighted by Gasteiger charge is -2.20. The molecule has 0 heterocycles. The largest absolute Gasteiger partial charge is 0.383 e. The molecule has 3 nitrogen and oxygen atoms in total.